The first-order valence-corrected chi connectivity index (χ1v) is 7.39. The van der Waals surface area contributed by atoms with E-state index in [0.717, 1.165) is 15.2 Å². The van der Waals surface area contributed by atoms with Gasteiger partial charge in [0.2, 0.25) is 0 Å². The van der Waals surface area contributed by atoms with Crippen LogP contribution in [0.25, 0.3) is 0 Å². The van der Waals surface area contributed by atoms with Crippen LogP contribution in [0, 0.1) is 0 Å². The van der Waals surface area contributed by atoms with Gasteiger partial charge in [0.25, 0.3) is 0 Å². The molecular formula is C11H10BrNO2S2. The minimum atomic E-state index is -0.866. The van der Waals surface area contributed by atoms with E-state index in [2.05, 4.69) is 27.3 Å². The van der Waals surface area contributed by atoms with E-state index in [0.29, 0.717) is 12.1 Å². The van der Waals surface area contributed by atoms with E-state index in [9.17, 15) is 4.79 Å². The predicted molar refractivity (Wildman–Crippen MR) is 73.8 cm³/mol. The van der Waals surface area contributed by atoms with Gasteiger partial charge in [-0.3, -0.25) is 0 Å². The highest BCUT2D eigenvalue weighted by atomic mass is 79.9. The van der Waals surface area contributed by atoms with Gasteiger partial charge in [-0.25, -0.2) is 4.79 Å². The van der Waals surface area contributed by atoms with E-state index in [1.165, 1.54) is 16.2 Å². The minimum absolute atomic E-state index is 0.366. The molecule has 17 heavy (non-hydrogen) atoms. The van der Waals surface area contributed by atoms with Crippen molar-refractivity contribution in [2.24, 2.45) is 0 Å². The van der Waals surface area contributed by atoms with Crippen molar-refractivity contribution >= 4 is 44.6 Å². The SMILES string of the molecule is O=C(O)c1csc(CNCc2ccc(Br)s2)c1. The smallest absolute Gasteiger partial charge is 0.336 e. The summed E-state index contributed by atoms with van der Waals surface area (Å²) in [7, 11) is 0. The number of hydrogen-bond acceptors (Lipinski definition) is 4. The molecule has 2 aromatic rings. The molecule has 0 fully saturated rings. The molecule has 6 heteroatoms. The lowest BCUT2D eigenvalue weighted by atomic mass is 10.3. The van der Waals surface area contributed by atoms with Crippen LogP contribution in [0.5, 0.6) is 0 Å². The molecule has 2 aromatic heterocycles. The first-order chi connectivity index (χ1) is 8.15. The average Bonchev–Trinajstić information content (AvgIpc) is 2.88. The zero-order chi connectivity index (χ0) is 12.3. The molecule has 0 atom stereocenters. The Hall–Kier alpha value is -0.690. The largest absolute Gasteiger partial charge is 0.478 e. The van der Waals surface area contributed by atoms with E-state index in [1.54, 1.807) is 22.8 Å². The second-order valence-corrected chi connectivity index (χ2v) is 6.96. The third kappa shape index (κ3) is 3.64. The number of thiophene rings is 2. The minimum Gasteiger partial charge on any atom is -0.478 e. The molecule has 0 aliphatic heterocycles. The molecule has 0 aromatic carbocycles. The Bertz CT molecular complexity index is 521. The Kier molecular flexibility index (Phi) is 4.33. The third-order valence-corrected chi connectivity index (χ3v) is 4.69. The molecule has 0 saturated carbocycles. The highest BCUT2D eigenvalue weighted by molar-refractivity contribution is 9.11. The van der Waals surface area contributed by atoms with E-state index < -0.39 is 5.97 Å². The van der Waals surface area contributed by atoms with Gasteiger partial charge in [-0.1, -0.05) is 0 Å². The number of carboxylic acids is 1. The maximum atomic E-state index is 10.7. The summed E-state index contributed by atoms with van der Waals surface area (Å²) in [6.45, 7) is 1.50. The fraction of sp³-hybridized carbons (Fsp3) is 0.182. The predicted octanol–water partition coefficient (Wildman–Crippen LogP) is 3.56. The van der Waals surface area contributed by atoms with E-state index >= 15 is 0 Å². The molecule has 2 rings (SSSR count). The number of halogens is 1. The van der Waals surface area contributed by atoms with Gasteiger partial charge in [0, 0.05) is 28.2 Å². The van der Waals surface area contributed by atoms with Crippen LogP contribution in [0.1, 0.15) is 20.1 Å². The zero-order valence-electron chi connectivity index (χ0n) is 8.77. The van der Waals surface area contributed by atoms with Crippen molar-refractivity contribution < 1.29 is 9.90 Å². The Morgan fingerprint density at radius 2 is 2.12 bits per heavy atom. The fourth-order valence-electron chi connectivity index (χ4n) is 1.34. The molecule has 0 spiro atoms. The Balaban J connectivity index is 1.83. The summed E-state index contributed by atoms with van der Waals surface area (Å²) in [4.78, 5) is 13.0. The Morgan fingerprint density at radius 1 is 1.35 bits per heavy atom. The number of nitrogens with one attached hydrogen (secondary N) is 1. The van der Waals surface area contributed by atoms with Gasteiger partial charge in [-0.2, -0.15) is 0 Å². The van der Waals surface area contributed by atoms with Gasteiger partial charge in [-0.15, -0.1) is 22.7 Å². The number of carboxylic acid groups (broad SMARTS) is 1. The van der Waals surface area contributed by atoms with Crippen LogP contribution in [0.4, 0.5) is 0 Å². The highest BCUT2D eigenvalue weighted by Gasteiger charge is 2.06. The fourth-order valence-corrected chi connectivity index (χ4v) is 3.62. The second kappa shape index (κ2) is 5.77. The first-order valence-electron chi connectivity index (χ1n) is 4.91. The van der Waals surface area contributed by atoms with Gasteiger partial charge in [0.1, 0.15) is 0 Å². The molecular weight excluding hydrogens is 322 g/mol. The topological polar surface area (TPSA) is 49.3 Å². The third-order valence-electron chi connectivity index (χ3n) is 2.13. The van der Waals surface area contributed by atoms with Gasteiger partial charge >= 0.3 is 5.97 Å². The number of aromatic carboxylic acids is 1. The van der Waals surface area contributed by atoms with Crippen molar-refractivity contribution in [2.75, 3.05) is 0 Å². The number of rotatable bonds is 5. The van der Waals surface area contributed by atoms with Crippen LogP contribution in [0.15, 0.2) is 27.4 Å². The molecule has 0 aliphatic carbocycles. The van der Waals surface area contributed by atoms with Crippen molar-refractivity contribution in [3.63, 3.8) is 0 Å². The Labute approximate surface area is 115 Å². The van der Waals surface area contributed by atoms with Crippen molar-refractivity contribution in [2.45, 2.75) is 13.1 Å². The maximum Gasteiger partial charge on any atom is 0.336 e. The molecule has 0 bridgehead atoms. The van der Waals surface area contributed by atoms with E-state index in [4.69, 9.17) is 5.11 Å². The van der Waals surface area contributed by atoms with E-state index in [1.807, 2.05) is 6.07 Å². The van der Waals surface area contributed by atoms with Gasteiger partial charge in [-0.05, 0) is 34.1 Å². The zero-order valence-corrected chi connectivity index (χ0v) is 12.0. The summed E-state index contributed by atoms with van der Waals surface area (Å²) in [5, 5.41) is 13.7. The van der Waals surface area contributed by atoms with Crippen LogP contribution in [0.2, 0.25) is 0 Å². The van der Waals surface area contributed by atoms with Gasteiger partial charge in [0.05, 0.1) is 9.35 Å². The molecule has 0 aliphatic rings. The van der Waals surface area contributed by atoms with Crippen LogP contribution in [-0.4, -0.2) is 11.1 Å². The quantitative estimate of drug-likeness (QED) is 0.880. The lowest BCUT2D eigenvalue weighted by Gasteiger charge is -1.99. The molecule has 90 valence electrons. The molecule has 2 N–H and O–H groups in total. The van der Waals surface area contributed by atoms with Crippen LogP contribution in [0.3, 0.4) is 0 Å². The van der Waals surface area contributed by atoms with Crippen molar-refractivity contribution in [3.8, 4) is 0 Å². The number of hydrogen-bond donors (Lipinski definition) is 2. The van der Waals surface area contributed by atoms with Gasteiger partial charge in [0.15, 0.2) is 0 Å². The van der Waals surface area contributed by atoms with Crippen molar-refractivity contribution in [1.82, 2.24) is 5.32 Å². The molecule has 3 nitrogen and oxygen atoms in total. The normalized spacial score (nSPS) is 10.6. The van der Waals surface area contributed by atoms with Crippen molar-refractivity contribution in [3.05, 3.63) is 42.7 Å². The second-order valence-electron chi connectivity index (χ2n) is 3.42. The summed E-state index contributed by atoms with van der Waals surface area (Å²) >= 11 is 6.58. The summed E-state index contributed by atoms with van der Waals surface area (Å²) in [6, 6.07) is 5.80. The maximum absolute atomic E-state index is 10.7. The first kappa shape index (κ1) is 12.8. The van der Waals surface area contributed by atoms with E-state index in [-0.39, 0.29) is 0 Å². The lowest BCUT2D eigenvalue weighted by molar-refractivity contribution is 0.0697. The molecule has 0 amide bonds. The van der Waals surface area contributed by atoms with Crippen LogP contribution >= 0.6 is 38.6 Å². The number of carbonyl (C=O) groups is 1. The highest BCUT2D eigenvalue weighted by Crippen LogP contribution is 2.22. The average molecular weight is 332 g/mol. The monoisotopic (exact) mass is 331 g/mol. The lowest BCUT2D eigenvalue weighted by Crippen LogP contribution is -2.10. The summed E-state index contributed by atoms with van der Waals surface area (Å²) in [5.41, 5.74) is 0.366. The summed E-state index contributed by atoms with van der Waals surface area (Å²) < 4.78 is 1.12. The summed E-state index contributed by atoms with van der Waals surface area (Å²) in [6.07, 6.45) is 0. The molecule has 0 unspecified atom stereocenters. The molecule has 0 saturated heterocycles. The van der Waals surface area contributed by atoms with Crippen LogP contribution < -0.4 is 5.32 Å². The van der Waals surface area contributed by atoms with Gasteiger partial charge < -0.3 is 10.4 Å². The Morgan fingerprint density at radius 3 is 2.71 bits per heavy atom. The van der Waals surface area contributed by atoms with Crippen molar-refractivity contribution in [1.29, 1.82) is 0 Å². The standard InChI is InChI=1S/C11H10BrNO2S2/c12-10-2-1-8(17-10)4-13-5-9-3-7(6-16-9)11(14)15/h1-3,6,13H,4-5H2,(H,14,15). The van der Waals surface area contributed by atoms with Crippen LogP contribution in [-0.2, 0) is 13.1 Å². The molecule has 0 radical (unpaired) electrons. The summed E-state index contributed by atoms with van der Waals surface area (Å²) in [5.74, 6) is -0.866. The molecule has 2 heterocycles.